The molecule has 4 fully saturated rings. The van der Waals surface area contributed by atoms with E-state index in [0.717, 1.165) is 32.1 Å². The molecule has 0 radical (unpaired) electrons. The quantitative estimate of drug-likeness (QED) is 0.827. The molecule has 1 N–H and O–H groups in total. The number of carbonyl (C=O) groups is 1. The van der Waals surface area contributed by atoms with Gasteiger partial charge in [0.2, 0.25) is 10.0 Å². The van der Waals surface area contributed by atoms with Crippen molar-refractivity contribution in [3.63, 3.8) is 0 Å². The number of carbonyl (C=O) groups excluding carboxylic acids is 1. The van der Waals surface area contributed by atoms with Crippen molar-refractivity contribution in [1.29, 1.82) is 0 Å². The van der Waals surface area contributed by atoms with E-state index in [1.54, 1.807) is 0 Å². The number of hydrogen-bond donors (Lipinski definition) is 1. The third-order valence-corrected chi connectivity index (χ3v) is 8.99. The molecule has 4 aliphatic rings. The molecule has 0 aromatic carbocycles. The molecule has 0 aromatic rings. The number of nitrogens with one attached hydrogen (secondary N) is 1. The van der Waals surface area contributed by atoms with Crippen LogP contribution in [0, 0.1) is 0 Å². The highest BCUT2D eigenvalue weighted by Crippen LogP contribution is 2.41. The summed E-state index contributed by atoms with van der Waals surface area (Å²) in [5.41, 5.74) is -0.221. The highest BCUT2D eigenvalue weighted by atomic mass is 32.2. The summed E-state index contributed by atoms with van der Waals surface area (Å²) in [7, 11) is -1.45. The van der Waals surface area contributed by atoms with E-state index >= 15 is 0 Å². The summed E-state index contributed by atoms with van der Waals surface area (Å²) in [5, 5.41) is -0.368. The standard InChI is InChI=1S/C18H31N3O3S/c1-18(10-11-18)19-25(23,24)14-8-9-15-16(12-14)20(2)17(22)21(15)13-6-4-3-5-7-13/h13-16,19H,3-12H2,1-2H3. The van der Waals surface area contributed by atoms with Crippen molar-refractivity contribution in [2.24, 2.45) is 0 Å². The number of urea groups is 1. The van der Waals surface area contributed by atoms with Gasteiger partial charge in [0.25, 0.3) is 0 Å². The van der Waals surface area contributed by atoms with Gasteiger partial charge in [0.1, 0.15) is 0 Å². The van der Waals surface area contributed by atoms with Crippen molar-refractivity contribution in [1.82, 2.24) is 14.5 Å². The lowest BCUT2D eigenvalue weighted by Crippen LogP contribution is -2.51. The molecule has 0 aromatic heterocycles. The Balaban J connectivity index is 1.48. The highest BCUT2D eigenvalue weighted by molar-refractivity contribution is 7.90. The summed E-state index contributed by atoms with van der Waals surface area (Å²) >= 11 is 0. The zero-order valence-corrected chi connectivity index (χ0v) is 16.2. The van der Waals surface area contributed by atoms with Gasteiger partial charge in [0.15, 0.2) is 0 Å². The van der Waals surface area contributed by atoms with Crippen molar-refractivity contribution in [2.45, 2.75) is 100 Å². The van der Waals surface area contributed by atoms with Gasteiger partial charge in [0.05, 0.1) is 17.3 Å². The first-order valence-electron chi connectivity index (χ1n) is 9.89. The molecule has 7 heteroatoms. The second-order valence-corrected chi connectivity index (χ2v) is 10.8. The summed E-state index contributed by atoms with van der Waals surface area (Å²) < 4.78 is 28.5. The second kappa shape index (κ2) is 6.12. The number of fused-ring (bicyclic) bond motifs is 1. The topological polar surface area (TPSA) is 69.7 Å². The van der Waals surface area contributed by atoms with Gasteiger partial charge in [0, 0.05) is 18.6 Å². The average Bonchev–Trinajstić information content (AvgIpc) is 3.25. The molecule has 3 unspecified atom stereocenters. The summed E-state index contributed by atoms with van der Waals surface area (Å²) in [6.07, 6.45) is 9.78. The molecule has 25 heavy (non-hydrogen) atoms. The average molecular weight is 370 g/mol. The van der Waals surface area contributed by atoms with Crippen molar-refractivity contribution in [3.05, 3.63) is 0 Å². The first-order valence-corrected chi connectivity index (χ1v) is 11.4. The van der Waals surface area contributed by atoms with Crippen molar-refractivity contribution in [3.8, 4) is 0 Å². The molecular formula is C18H31N3O3S. The summed E-state index contributed by atoms with van der Waals surface area (Å²) in [6, 6.07) is 0.706. The maximum Gasteiger partial charge on any atom is 0.320 e. The van der Waals surface area contributed by atoms with Crippen LogP contribution in [0.5, 0.6) is 0 Å². The van der Waals surface area contributed by atoms with Crippen LogP contribution in [0.4, 0.5) is 4.79 Å². The van der Waals surface area contributed by atoms with Crippen molar-refractivity contribution >= 4 is 16.1 Å². The molecule has 6 nitrogen and oxygen atoms in total. The van der Waals surface area contributed by atoms with E-state index in [1.165, 1.54) is 19.3 Å². The Morgan fingerprint density at radius 1 is 1.04 bits per heavy atom. The van der Waals surface area contributed by atoms with Gasteiger partial charge in [-0.2, -0.15) is 0 Å². The first-order chi connectivity index (χ1) is 11.8. The maximum atomic E-state index is 12.9. The molecule has 1 aliphatic heterocycles. The van der Waals surface area contributed by atoms with Gasteiger partial charge in [-0.15, -0.1) is 0 Å². The normalized spacial score (nSPS) is 35.8. The molecule has 0 spiro atoms. The molecule has 1 heterocycles. The smallest absolute Gasteiger partial charge is 0.320 e. The second-order valence-electron chi connectivity index (χ2n) is 8.87. The SMILES string of the molecule is CN1C(=O)N(C2CCCCC2)C2CCC(S(=O)(=O)NC3(C)CC3)CC21. The van der Waals surface area contributed by atoms with E-state index in [-0.39, 0.29) is 28.9 Å². The van der Waals surface area contributed by atoms with Gasteiger partial charge >= 0.3 is 6.03 Å². The van der Waals surface area contributed by atoms with E-state index in [9.17, 15) is 13.2 Å². The van der Waals surface area contributed by atoms with Crippen LogP contribution >= 0.6 is 0 Å². The molecule has 142 valence electrons. The minimum Gasteiger partial charge on any atom is -0.323 e. The molecule has 0 bridgehead atoms. The fraction of sp³-hybridized carbons (Fsp3) is 0.944. The summed E-state index contributed by atoms with van der Waals surface area (Å²) in [4.78, 5) is 16.8. The lowest BCUT2D eigenvalue weighted by atomic mass is 9.87. The van der Waals surface area contributed by atoms with Crippen LogP contribution in [0.2, 0.25) is 0 Å². The molecule has 2 amide bonds. The van der Waals surface area contributed by atoms with Crippen LogP contribution in [-0.2, 0) is 10.0 Å². The van der Waals surface area contributed by atoms with Crippen LogP contribution in [0.25, 0.3) is 0 Å². The summed E-state index contributed by atoms with van der Waals surface area (Å²) in [6.45, 7) is 1.98. The Kier molecular flexibility index (Phi) is 4.30. The van der Waals surface area contributed by atoms with E-state index in [2.05, 4.69) is 9.62 Å². The highest BCUT2D eigenvalue weighted by Gasteiger charge is 2.52. The number of likely N-dealkylation sites (N-methyl/N-ethyl adjacent to an activating group) is 1. The predicted molar refractivity (Wildman–Crippen MR) is 96.8 cm³/mol. The fourth-order valence-corrected chi connectivity index (χ4v) is 7.04. The Bertz CT molecular complexity index is 640. The number of nitrogens with zero attached hydrogens (tertiary/aromatic N) is 2. The van der Waals surface area contributed by atoms with E-state index in [0.29, 0.717) is 18.9 Å². The Labute approximate surface area is 151 Å². The fourth-order valence-electron chi connectivity index (χ4n) is 5.08. The van der Waals surface area contributed by atoms with Gasteiger partial charge in [-0.05, 0) is 51.9 Å². The number of amides is 2. The number of sulfonamides is 1. The van der Waals surface area contributed by atoms with E-state index in [1.807, 2.05) is 18.9 Å². The zero-order chi connectivity index (χ0) is 17.8. The van der Waals surface area contributed by atoms with Crippen LogP contribution < -0.4 is 4.72 Å². The molecule has 3 atom stereocenters. The largest absolute Gasteiger partial charge is 0.323 e. The maximum absolute atomic E-state index is 12.9. The van der Waals surface area contributed by atoms with E-state index < -0.39 is 10.0 Å². The Hall–Kier alpha value is -0.820. The lowest BCUT2D eigenvalue weighted by molar-refractivity contribution is 0.134. The number of rotatable bonds is 4. The van der Waals surface area contributed by atoms with Gasteiger partial charge < -0.3 is 9.80 Å². The minimum absolute atomic E-state index is 0.0387. The zero-order valence-electron chi connectivity index (χ0n) is 15.4. The number of hydrogen-bond acceptors (Lipinski definition) is 3. The molecule has 4 rings (SSSR count). The lowest BCUT2D eigenvalue weighted by Gasteiger charge is -2.39. The summed E-state index contributed by atoms with van der Waals surface area (Å²) in [5.74, 6) is 0. The van der Waals surface area contributed by atoms with Crippen LogP contribution in [0.15, 0.2) is 0 Å². The Morgan fingerprint density at radius 3 is 2.36 bits per heavy atom. The minimum atomic E-state index is -3.31. The molecular weight excluding hydrogens is 338 g/mol. The van der Waals surface area contributed by atoms with Crippen LogP contribution in [0.3, 0.4) is 0 Å². The van der Waals surface area contributed by atoms with Gasteiger partial charge in [-0.1, -0.05) is 19.3 Å². The van der Waals surface area contributed by atoms with Crippen molar-refractivity contribution in [2.75, 3.05) is 7.05 Å². The third kappa shape index (κ3) is 3.18. The van der Waals surface area contributed by atoms with Crippen LogP contribution in [-0.4, -0.2) is 60.2 Å². The van der Waals surface area contributed by atoms with Crippen molar-refractivity contribution < 1.29 is 13.2 Å². The first kappa shape index (κ1) is 17.6. The monoisotopic (exact) mass is 369 g/mol. The third-order valence-electron chi connectivity index (χ3n) is 6.91. The molecule has 1 saturated heterocycles. The molecule has 3 aliphatic carbocycles. The van der Waals surface area contributed by atoms with Crippen LogP contribution in [0.1, 0.15) is 71.1 Å². The van der Waals surface area contributed by atoms with E-state index in [4.69, 9.17) is 0 Å². The van der Waals surface area contributed by atoms with Gasteiger partial charge in [-0.3, -0.25) is 0 Å². The van der Waals surface area contributed by atoms with Gasteiger partial charge in [-0.25, -0.2) is 17.9 Å². The Morgan fingerprint density at radius 2 is 1.72 bits per heavy atom. The predicted octanol–water partition coefficient (Wildman–Crippen LogP) is 2.45. The molecule has 3 saturated carbocycles.